The van der Waals surface area contributed by atoms with Crippen LogP contribution in [0.5, 0.6) is 0 Å². The molecule has 1 heterocycles. The lowest BCUT2D eigenvalue weighted by Gasteiger charge is -2.21. The van der Waals surface area contributed by atoms with Crippen molar-refractivity contribution in [3.63, 3.8) is 0 Å². The third kappa shape index (κ3) is 3.74. The number of aliphatic carboxylic acids is 1. The number of aliphatic hydroxyl groups is 1. The monoisotopic (exact) mass is 187 g/mol. The van der Waals surface area contributed by atoms with Gasteiger partial charge in [0.05, 0.1) is 12.1 Å². The van der Waals surface area contributed by atoms with Crippen LogP contribution in [0, 0.1) is 0 Å². The summed E-state index contributed by atoms with van der Waals surface area (Å²) < 4.78 is 0. The molecule has 0 radical (unpaired) electrons. The highest BCUT2D eigenvalue weighted by atomic mass is 16.4. The van der Waals surface area contributed by atoms with Crippen molar-refractivity contribution >= 4 is 5.97 Å². The van der Waals surface area contributed by atoms with Gasteiger partial charge in [-0.25, -0.2) is 0 Å². The zero-order chi connectivity index (χ0) is 9.90. The summed E-state index contributed by atoms with van der Waals surface area (Å²) in [6.07, 6.45) is 2.31. The standard InChI is InChI=1S/C9H17NO3/c1-9(13)3-2-5-10(6-4-9)7-8(11)12/h13H,2-7H2,1H3,(H,11,12). The van der Waals surface area contributed by atoms with Crippen molar-refractivity contribution in [3.8, 4) is 0 Å². The van der Waals surface area contributed by atoms with Crippen LogP contribution in [0.3, 0.4) is 0 Å². The van der Waals surface area contributed by atoms with E-state index in [0.29, 0.717) is 13.0 Å². The van der Waals surface area contributed by atoms with Gasteiger partial charge in [-0.05, 0) is 32.7 Å². The minimum absolute atomic E-state index is 0.0933. The highest BCUT2D eigenvalue weighted by molar-refractivity contribution is 5.69. The van der Waals surface area contributed by atoms with Crippen LogP contribution in [0.2, 0.25) is 0 Å². The van der Waals surface area contributed by atoms with E-state index in [9.17, 15) is 9.90 Å². The Balaban J connectivity index is 2.40. The number of hydrogen-bond donors (Lipinski definition) is 2. The van der Waals surface area contributed by atoms with Gasteiger partial charge in [0, 0.05) is 6.54 Å². The summed E-state index contributed by atoms with van der Waals surface area (Å²) >= 11 is 0. The molecule has 0 aliphatic carbocycles. The van der Waals surface area contributed by atoms with E-state index in [1.54, 1.807) is 0 Å². The van der Waals surface area contributed by atoms with Gasteiger partial charge < -0.3 is 10.2 Å². The molecule has 0 bridgehead atoms. The molecule has 0 aromatic carbocycles. The summed E-state index contributed by atoms with van der Waals surface area (Å²) in [6, 6.07) is 0. The molecule has 0 aromatic rings. The van der Waals surface area contributed by atoms with Crippen LogP contribution in [0.15, 0.2) is 0 Å². The van der Waals surface area contributed by atoms with Crippen molar-refractivity contribution in [2.45, 2.75) is 31.8 Å². The Labute approximate surface area is 78.2 Å². The van der Waals surface area contributed by atoms with Gasteiger partial charge in [0.25, 0.3) is 0 Å². The summed E-state index contributed by atoms with van der Waals surface area (Å²) in [6.45, 7) is 3.37. The fourth-order valence-electron chi connectivity index (χ4n) is 1.67. The second-order valence-electron chi connectivity index (χ2n) is 4.02. The van der Waals surface area contributed by atoms with Gasteiger partial charge in [-0.3, -0.25) is 9.69 Å². The van der Waals surface area contributed by atoms with Gasteiger partial charge in [-0.1, -0.05) is 0 Å². The van der Waals surface area contributed by atoms with E-state index in [1.165, 1.54) is 0 Å². The van der Waals surface area contributed by atoms with E-state index in [2.05, 4.69) is 0 Å². The summed E-state index contributed by atoms with van der Waals surface area (Å²) in [5, 5.41) is 18.3. The minimum atomic E-state index is -0.790. The van der Waals surface area contributed by atoms with Crippen molar-refractivity contribution in [2.24, 2.45) is 0 Å². The average molecular weight is 187 g/mol. The SMILES string of the molecule is CC1(O)CCCN(CC(=O)O)CC1. The highest BCUT2D eigenvalue weighted by Gasteiger charge is 2.25. The maximum atomic E-state index is 10.4. The maximum Gasteiger partial charge on any atom is 0.317 e. The molecule has 1 rings (SSSR count). The topological polar surface area (TPSA) is 60.8 Å². The highest BCUT2D eigenvalue weighted by Crippen LogP contribution is 2.20. The molecule has 1 atom stereocenters. The second kappa shape index (κ2) is 4.07. The number of nitrogens with zero attached hydrogens (tertiary/aromatic N) is 1. The molecule has 4 heteroatoms. The summed E-state index contributed by atoms with van der Waals surface area (Å²) in [5.41, 5.74) is -0.604. The number of hydrogen-bond acceptors (Lipinski definition) is 3. The number of carbonyl (C=O) groups is 1. The van der Waals surface area contributed by atoms with Crippen LogP contribution >= 0.6 is 0 Å². The lowest BCUT2D eigenvalue weighted by atomic mass is 9.98. The van der Waals surface area contributed by atoms with Gasteiger partial charge in [0.15, 0.2) is 0 Å². The molecule has 4 nitrogen and oxygen atoms in total. The summed E-state index contributed by atoms with van der Waals surface area (Å²) in [5.74, 6) is -0.790. The Morgan fingerprint density at radius 1 is 1.46 bits per heavy atom. The van der Waals surface area contributed by atoms with E-state index >= 15 is 0 Å². The molecular weight excluding hydrogens is 170 g/mol. The zero-order valence-corrected chi connectivity index (χ0v) is 7.99. The third-order valence-corrected chi connectivity index (χ3v) is 2.52. The van der Waals surface area contributed by atoms with E-state index < -0.39 is 11.6 Å². The van der Waals surface area contributed by atoms with Crippen LogP contribution in [0.4, 0.5) is 0 Å². The van der Waals surface area contributed by atoms with Gasteiger partial charge in [0.1, 0.15) is 0 Å². The lowest BCUT2D eigenvalue weighted by molar-refractivity contribution is -0.138. The molecule has 1 aliphatic heterocycles. The Kier molecular flexibility index (Phi) is 3.27. The van der Waals surface area contributed by atoms with Crippen LogP contribution in [-0.2, 0) is 4.79 Å². The Bertz CT molecular complexity index is 191. The van der Waals surface area contributed by atoms with E-state index in [-0.39, 0.29) is 6.54 Å². The predicted molar refractivity (Wildman–Crippen MR) is 48.6 cm³/mol. The molecule has 0 spiro atoms. The average Bonchev–Trinajstić information content (AvgIpc) is 2.12. The molecule has 76 valence electrons. The molecule has 2 N–H and O–H groups in total. The van der Waals surface area contributed by atoms with Gasteiger partial charge >= 0.3 is 5.97 Å². The number of carboxylic acid groups (broad SMARTS) is 1. The van der Waals surface area contributed by atoms with E-state index in [4.69, 9.17) is 5.11 Å². The first-order valence-corrected chi connectivity index (χ1v) is 4.66. The van der Waals surface area contributed by atoms with Crippen LogP contribution in [-0.4, -0.2) is 46.3 Å². The first kappa shape index (κ1) is 10.5. The number of likely N-dealkylation sites (tertiary alicyclic amines) is 1. The van der Waals surface area contributed by atoms with Gasteiger partial charge in [-0.2, -0.15) is 0 Å². The Hall–Kier alpha value is -0.610. The molecular formula is C9H17NO3. The fourth-order valence-corrected chi connectivity index (χ4v) is 1.67. The van der Waals surface area contributed by atoms with Crippen molar-refractivity contribution < 1.29 is 15.0 Å². The third-order valence-electron chi connectivity index (χ3n) is 2.52. The first-order chi connectivity index (χ1) is 5.99. The predicted octanol–water partition coefficient (Wildman–Crippen LogP) is 0.308. The molecule has 0 aromatic heterocycles. The first-order valence-electron chi connectivity index (χ1n) is 4.66. The number of carboxylic acids is 1. The molecule has 1 unspecified atom stereocenters. The summed E-state index contributed by atoms with van der Waals surface area (Å²) in [4.78, 5) is 12.3. The van der Waals surface area contributed by atoms with E-state index in [0.717, 1.165) is 19.4 Å². The quantitative estimate of drug-likeness (QED) is 0.653. The minimum Gasteiger partial charge on any atom is -0.480 e. The molecule has 0 amide bonds. The van der Waals surface area contributed by atoms with Crippen LogP contribution in [0.25, 0.3) is 0 Å². The van der Waals surface area contributed by atoms with Crippen molar-refractivity contribution in [1.82, 2.24) is 4.90 Å². The molecule has 0 saturated carbocycles. The Morgan fingerprint density at radius 2 is 2.15 bits per heavy atom. The maximum absolute atomic E-state index is 10.4. The van der Waals surface area contributed by atoms with Gasteiger partial charge in [0.2, 0.25) is 0 Å². The van der Waals surface area contributed by atoms with Gasteiger partial charge in [-0.15, -0.1) is 0 Å². The van der Waals surface area contributed by atoms with Crippen molar-refractivity contribution in [2.75, 3.05) is 19.6 Å². The largest absolute Gasteiger partial charge is 0.480 e. The van der Waals surface area contributed by atoms with Crippen molar-refractivity contribution in [3.05, 3.63) is 0 Å². The molecule has 1 fully saturated rings. The number of rotatable bonds is 2. The summed E-state index contributed by atoms with van der Waals surface area (Å²) in [7, 11) is 0. The Morgan fingerprint density at radius 3 is 2.77 bits per heavy atom. The molecule has 1 aliphatic rings. The second-order valence-corrected chi connectivity index (χ2v) is 4.02. The van der Waals surface area contributed by atoms with Crippen LogP contribution < -0.4 is 0 Å². The van der Waals surface area contributed by atoms with Crippen LogP contribution in [0.1, 0.15) is 26.2 Å². The van der Waals surface area contributed by atoms with Crippen molar-refractivity contribution in [1.29, 1.82) is 0 Å². The molecule has 13 heavy (non-hydrogen) atoms. The zero-order valence-electron chi connectivity index (χ0n) is 7.99. The molecule has 1 saturated heterocycles. The lowest BCUT2D eigenvalue weighted by Crippen LogP contribution is -2.32. The van der Waals surface area contributed by atoms with E-state index in [1.807, 2.05) is 11.8 Å². The smallest absolute Gasteiger partial charge is 0.317 e. The fraction of sp³-hybridized carbons (Fsp3) is 0.889. The normalized spacial score (nSPS) is 31.2.